The van der Waals surface area contributed by atoms with Crippen LogP contribution in [0, 0.1) is 6.92 Å². The highest BCUT2D eigenvalue weighted by Crippen LogP contribution is 2.22. The van der Waals surface area contributed by atoms with Crippen molar-refractivity contribution in [2.24, 2.45) is 0 Å². The third-order valence-corrected chi connectivity index (χ3v) is 3.83. The summed E-state index contributed by atoms with van der Waals surface area (Å²) in [5.41, 5.74) is 4.96. The van der Waals surface area contributed by atoms with Crippen LogP contribution in [0.15, 0.2) is 48.5 Å². The molecule has 0 aliphatic heterocycles. The van der Waals surface area contributed by atoms with Gasteiger partial charge < -0.3 is 10.3 Å². The maximum absolute atomic E-state index is 5.88. The number of aromatic amines is 1. The van der Waals surface area contributed by atoms with Gasteiger partial charge in [0.2, 0.25) is 0 Å². The summed E-state index contributed by atoms with van der Waals surface area (Å²) in [4.78, 5) is 3.44. The fourth-order valence-electron chi connectivity index (χ4n) is 2.56. The summed E-state index contributed by atoms with van der Waals surface area (Å²) in [6.45, 7) is 3.04. The van der Waals surface area contributed by atoms with Gasteiger partial charge in [-0.2, -0.15) is 0 Å². The van der Waals surface area contributed by atoms with Crippen LogP contribution < -0.4 is 5.32 Å². The molecule has 0 saturated heterocycles. The summed E-state index contributed by atoms with van der Waals surface area (Å²) in [5.74, 6) is 0. The Bertz CT molecular complexity index is 713. The monoisotopic (exact) mass is 284 g/mol. The zero-order valence-electron chi connectivity index (χ0n) is 11.4. The van der Waals surface area contributed by atoms with E-state index in [9.17, 15) is 0 Å². The minimum atomic E-state index is 0.767. The molecule has 0 fully saturated rings. The van der Waals surface area contributed by atoms with Crippen molar-refractivity contribution in [2.75, 3.05) is 11.9 Å². The maximum Gasteiger partial charge on any atom is 0.0458 e. The number of halogens is 1. The van der Waals surface area contributed by atoms with Crippen LogP contribution >= 0.6 is 11.6 Å². The van der Waals surface area contributed by atoms with Gasteiger partial charge in [-0.3, -0.25) is 0 Å². The molecule has 0 spiro atoms. The first-order valence-electron chi connectivity index (χ1n) is 6.79. The molecule has 0 unspecified atom stereocenters. The molecule has 2 nitrogen and oxygen atoms in total. The average molecular weight is 285 g/mol. The van der Waals surface area contributed by atoms with Gasteiger partial charge in [-0.1, -0.05) is 29.8 Å². The molecule has 0 saturated carbocycles. The second kappa shape index (κ2) is 5.59. The van der Waals surface area contributed by atoms with Gasteiger partial charge >= 0.3 is 0 Å². The minimum absolute atomic E-state index is 0.767. The molecule has 0 aliphatic rings. The van der Waals surface area contributed by atoms with E-state index in [2.05, 4.69) is 41.5 Å². The Morgan fingerprint density at radius 3 is 2.60 bits per heavy atom. The normalized spacial score (nSPS) is 10.9. The van der Waals surface area contributed by atoms with Crippen LogP contribution in [0.5, 0.6) is 0 Å². The molecule has 3 heteroatoms. The lowest BCUT2D eigenvalue weighted by Crippen LogP contribution is -2.05. The third kappa shape index (κ3) is 2.66. The molecule has 102 valence electrons. The first-order valence-corrected chi connectivity index (χ1v) is 7.17. The van der Waals surface area contributed by atoms with E-state index >= 15 is 0 Å². The zero-order valence-corrected chi connectivity index (χ0v) is 12.2. The summed E-state index contributed by atoms with van der Waals surface area (Å²) < 4.78 is 0. The smallest absolute Gasteiger partial charge is 0.0458 e. The molecule has 0 atom stereocenters. The molecule has 2 aromatic carbocycles. The van der Waals surface area contributed by atoms with Gasteiger partial charge in [-0.15, -0.1) is 0 Å². The van der Waals surface area contributed by atoms with E-state index in [1.165, 1.54) is 22.2 Å². The minimum Gasteiger partial charge on any atom is -0.385 e. The summed E-state index contributed by atoms with van der Waals surface area (Å²) in [6, 6.07) is 16.3. The third-order valence-electron chi connectivity index (χ3n) is 3.58. The summed E-state index contributed by atoms with van der Waals surface area (Å²) in [7, 11) is 0. The van der Waals surface area contributed by atoms with Crippen LogP contribution in [0.3, 0.4) is 0 Å². The predicted molar refractivity (Wildman–Crippen MR) is 86.7 cm³/mol. The highest BCUT2D eigenvalue weighted by molar-refractivity contribution is 6.30. The Kier molecular flexibility index (Phi) is 3.66. The maximum atomic E-state index is 5.88. The first-order chi connectivity index (χ1) is 9.74. The van der Waals surface area contributed by atoms with E-state index in [0.717, 1.165) is 23.7 Å². The van der Waals surface area contributed by atoms with Crippen molar-refractivity contribution in [3.63, 3.8) is 0 Å². The van der Waals surface area contributed by atoms with Gasteiger partial charge in [0.05, 0.1) is 0 Å². The summed E-state index contributed by atoms with van der Waals surface area (Å²) in [5, 5.41) is 5.52. The average Bonchev–Trinajstić information content (AvgIpc) is 2.77. The molecule has 0 bridgehead atoms. The van der Waals surface area contributed by atoms with Gasteiger partial charge in [0.15, 0.2) is 0 Å². The van der Waals surface area contributed by atoms with Crippen LogP contribution in [0.1, 0.15) is 11.3 Å². The Hall–Kier alpha value is -1.93. The Labute approximate surface area is 123 Å². The largest absolute Gasteiger partial charge is 0.385 e. The van der Waals surface area contributed by atoms with Gasteiger partial charge in [-0.25, -0.2) is 0 Å². The number of aryl methyl sites for hydroxylation is 1. The molecule has 2 N–H and O–H groups in total. The number of H-pyrrole nitrogens is 1. The number of hydrogen-bond donors (Lipinski definition) is 2. The number of para-hydroxylation sites is 1. The lowest BCUT2D eigenvalue weighted by atomic mass is 10.1. The Morgan fingerprint density at radius 1 is 1.05 bits per heavy atom. The van der Waals surface area contributed by atoms with Crippen LogP contribution in [-0.2, 0) is 6.42 Å². The molecule has 20 heavy (non-hydrogen) atoms. The van der Waals surface area contributed by atoms with Crippen LogP contribution in [0.4, 0.5) is 5.69 Å². The molecular formula is C17H17ClN2. The number of nitrogens with one attached hydrogen (secondary N) is 2. The van der Waals surface area contributed by atoms with E-state index in [4.69, 9.17) is 11.6 Å². The molecule has 0 amide bonds. The van der Waals surface area contributed by atoms with Gasteiger partial charge in [-0.05, 0) is 49.2 Å². The standard InChI is InChI=1S/C17H17ClN2/c1-12-15(16-4-2-3-5-17(16)20-12)10-11-19-14-8-6-13(18)7-9-14/h2-9,19-20H,10-11H2,1H3. The van der Waals surface area contributed by atoms with E-state index in [1.54, 1.807) is 0 Å². The summed E-state index contributed by atoms with van der Waals surface area (Å²) >= 11 is 5.88. The van der Waals surface area contributed by atoms with Crippen molar-refractivity contribution in [2.45, 2.75) is 13.3 Å². The second-order valence-electron chi connectivity index (χ2n) is 4.96. The highest BCUT2D eigenvalue weighted by Gasteiger charge is 2.07. The lowest BCUT2D eigenvalue weighted by molar-refractivity contribution is 1.01. The van der Waals surface area contributed by atoms with Crippen molar-refractivity contribution in [3.8, 4) is 0 Å². The molecule has 0 aliphatic carbocycles. The number of hydrogen-bond acceptors (Lipinski definition) is 1. The number of anilines is 1. The quantitative estimate of drug-likeness (QED) is 0.709. The molecule has 1 aromatic heterocycles. The van der Waals surface area contributed by atoms with Gasteiger partial charge in [0.1, 0.15) is 0 Å². The van der Waals surface area contributed by atoms with E-state index in [0.29, 0.717) is 0 Å². The molecule has 3 aromatic rings. The van der Waals surface area contributed by atoms with E-state index in [1.807, 2.05) is 24.3 Å². The molecular weight excluding hydrogens is 268 g/mol. The van der Waals surface area contributed by atoms with E-state index in [-0.39, 0.29) is 0 Å². The zero-order chi connectivity index (χ0) is 13.9. The van der Waals surface area contributed by atoms with E-state index < -0.39 is 0 Å². The molecule has 0 radical (unpaired) electrons. The van der Waals surface area contributed by atoms with Crippen molar-refractivity contribution in [1.82, 2.24) is 4.98 Å². The number of aromatic nitrogens is 1. The molecule has 1 heterocycles. The Balaban J connectivity index is 1.71. The van der Waals surface area contributed by atoms with Crippen molar-refractivity contribution in [1.29, 1.82) is 0 Å². The van der Waals surface area contributed by atoms with Crippen molar-refractivity contribution < 1.29 is 0 Å². The molecule has 3 rings (SSSR count). The van der Waals surface area contributed by atoms with Crippen LogP contribution in [0.2, 0.25) is 5.02 Å². The number of fused-ring (bicyclic) bond motifs is 1. The van der Waals surface area contributed by atoms with Crippen LogP contribution in [0.25, 0.3) is 10.9 Å². The van der Waals surface area contributed by atoms with Crippen LogP contribution in [-0.4, -0.2) is 11.5 Å². The SMILES string of the molecule is Cc1[nH]c2ccccc2c1CCNc1ccc(Cl)cc1. The van der Waals surface area contributed by atoms with Crippen molar-refractivity contribution in [3.05, 3.63) is 64.8 Å². The van der Waals surface area contributed by atoms with Gasteiger partial charge in [0, 0.05) is 33.9 Å². The fourth-order valence-corrected chi connectivity index (χ4v) is 2.68. The number of rotatable bonds is 4. The Morgan fingerprint density at radius 2 is 1.80 bits per heavy atom. The predicted octanol–water partition coefficient (Wildman–Crippen LogP) is 4.78. The number of benzene rings is 2. The topological polar surface area (TPSA) is 27.8 Å². The highest BCUT2D eigenvalue weighted by atomic mass is 35.5. The lowest BCUT2D eigenvalue weighted by Gasteiger charge is -2.07. The summed E-state index contributed by atoms with van der Waals surface area (Å²) in [6.07, 6.45) is 0.998. The van der Waals surface area contributed by atoms with Gasteiger partial charge in [0.25, 0.3) is 0 Å². The first kappa shape index (κ1) is 13.1. The van der Waals surface area contributed by atoms with Crippen molar-refractivity contribution >= 4 is 28.2 Å². The fraction of sp³-hybridized carbons (Fsp3) is 0.176. The second-order valence-corrected chi connectivity index (χ2v) is 5.39.